The van der Waals surface area contributed by atoms with Crippen molar-refractivity contribution < 1.29 is 4.79 Å². The summed E-state index contributed by atoms with van der Waals surface area (Å²) in [6, 6.07) is 6.04. The fourth-order valence-electron chi connectivity index (χ4n) is 2.73. The maximum atomic E-state index is 12.2. The van der Waals surface area contributed by atoms with Crippen molar-refractivity contribution in [2.45, 2.75) is 32.7 Å². The highest BCUT2D eigenvalue weighted by atomic mass is 16.1. The van der Waals surface area contributed by atoms with Crippen molar-refractivity contribution in [3.8, 4) is 0 Å². The highest BCUT2D eigenvalue weighted by Gasteiger charge is 2.23. The predicted molar refractivity (Wildman–Crippen MR) is 78.2 cm³/mol. The van der Waals surface area contributed by atoms with Crippen molar-refractivity contribution in [2.75, 3.05) is 25.4 Å². The number of nitrogens with one attached hydrogen (secondary N) is 1. The van der Waals surface area contributed by atoms with Gasteiger partial charge in [-0.25, -0.2) is 0 Å². The zero-order valence-corrected chi connectivity index (χ0v) is 11.8. The Bertz CT molecular complexity index is 459. The van der Waals surface area contributed by atoms with Gasteiger partial charge < -0.3 is 11.1 Å². The second-order valence-corrected chi connectivity index (χ2v) is 5.17. The lowest BCUT2D eigenvalue weighted by Gasteiger charge is -2.23. The molecule has 4 nitrogen and oxygen atoms in total. The van der Waals surface area contributed by atoms with Crippen molar-refractivity contribution in [3.05, 3.63) is 29.3 Å². The Morgan fingerprint density at radius 3 is 3.05 bits per heavy atom. The zero-order chi connectivity index (χ0) is 13.8. The third-order valence-electron chi connectivity index (χ3n) is 3.97. The Labute approximate surface area is 115 Å². The molecule has 4 heteroatoms. The van der Waals surface area contributed by atoms with E-state index in [1.807, 2.05) is 19.1 Å². The molecule has 1 aromatic rings. The van der Waals surface area contributed by atoms with E-state index in [4.69, 9.17) is 5.73 Å². The van der Waals surface area contributed by atoms with Gasteiger partial charge in [0.1, 0.15) is 0 Å². The minimum Gasteiger partial charge on any atom is -0.398 e. The van der Waals surface area contributed by atoms with Crippen LogP contribution in [0.2, 0.25) is 0 Å². The maximum Gasteiger partial charge on any atom is 0.253 e. The van der Waals surface area contributed by atoms with Crippen LogP contribution in [0, 0.1) is 6.92 Å². The Balaban J connectivity index is 1.96. The average molecular weight is 261 g/mol. The molecule has 0 bridgehead atoms. The summed E-state index contributed by atoms with van der Waals surface area (Å²) in [5, 5.41) is 3.01. The first kappa shape index (κ1) is 13.9. The van der Waals surface area contributed by atoms with Crippen LogP contribution in [-0.2, 0) is 0 Å². The molecule has 0 aliphatic carbocycles. The lowest BCUT2D eigenvalue weighted by Crippen LogP contribution is -2.40. The van der Waals surface area contributed by atoms with Crippen LogP contribution < -0.4 is 11.1 Å². The predicted octanol–water partition coefficient (Wildman–Crippen LogP) is 1.79. The monoisotopic (exact) mass is 261 g/mol. The molecule has 3 N–H and O–H groups in total. The molecule has 1 atom stereocenters. The number of likely N-dealkylation sites (tertiary alicyclic amines) is 1. The van der Waals surface area contributed by atoms with Crippen LogP contribution in [0.5, 0.6) is 0 Å². The second-order valence-electron chi connectivity index (χ2n) is 5.17. The number of nitrogens with zero attached hydrogens (tertiary/aromatic N) is 1. The summed E-state index contributed by atoms with van der Waals surface area (Å²) in [5.41, 5.74) is 8.06. The standard InChI is InChI=1S/C15H23N3O/c1-3-18-9-5-7-12(18)10-17-15(19)13-8-4-6-11(2)14(13)16/h4,6,8,12H,3,5,7,9-10,16H2,1-2H3,(H,17,19). The summed E-state index contributed by atoms with van der Waals surface area (Å²) in [4.78, 5) is 14.6. The first-order valence-corrected chi connectivity index (χ1v) is 7.00. The SMILES string of the molecule is CCN1CCCC1CNC(=O)c1cccc(C)c1N. The fraction of sp³-hybridized carbons (Fsp3) is 0.533. The first-order chi connectivity index (χ1) is 9.13. The molecular weight excluding hydrogens is 238 g/mol. The third kappa shape index (κ3) is 3.07. The molecular formula is C15H23N3O. The van der Waals surface area contributed by atoms with Crippen LogP contribution >= 0.6 is 0 Å². The molecule has 1 saturated heterocycles. The van der Waals surface area contributed by atoms with Gasteiger partial charge in [0.2, 0.25) is 0 Å². The molecule has 19 heavy (non-hydrogen) atoms. The van der Waals surface area contributed by atoms with Gasteiger partial charge in [0, 0.05) is 18.3 Å². The number of likely N-dealkylation sites (N-methyl/N-ethyl adjacent to an activating group) is 1. The zero-order valence-electron chi connectivity index (χ0n) is 11.8. The van der Waals surface area contributed by atoms with Crippen LogP contribution in [-0.4, -0.2) is 36.5 Å². The number of rotatable bonds is 4. The largest absolute Gasteiger partial charge is 0.398 e. The highest BCUT2D eigenvalue weighted by Crippen LogP contribution is 2.18. The molecule has 104 valence electrons. The van der Waals surface area contributed by atoms with E-state index in [1.54, 1.807) is 6.07 Å². The molecule has 1 aliphatic heterocycles. The number of benzene rings is 1. The molecule has 1 heterocycles. The number of nitrogens with two attached hydrogens (primary N) is 1. The molecule has 1 unspecified atom stereocenters. The number of carbonyl (C=O) groups excluding carboxylic acids is 1. The summed E-state index contributed by atoms with van der Waals surface area (Å²) >= 11 is 0. The number of nitrogen functional groups attached to an aromatic ring is 1. The van der Waals surface area contributed by atoms with Gasteiger partial charge in [-0.2, -0.15) is 0 Å². The minimum atomic E-state index is -0.0656. The van der Waals surface area contributed by atoms with Crippen molar-refractivity contribution in [2.24, 2.45) is 0 Å². The van der Waals surface area contributed by atoms with Gasteiger partial charge in [0.25, 0.3) is 5.91 Å². The van der Waals surface area contributed by atoms with Crippen molar-refractivity contribution in [1.29, 1.82) is 0 Å². The number of carbonyl (C=O) groups is 1. The quantitative estimate of drug-likeness (QED) is 0.812. The van der Waals surface area contributed by atoms with E-state index < -0.39 is 0 Å². The van der Waals surface area contributed by atoms with E-state index in [0.29, 0.717) is 23.8 Å². The van der Waals surface area contributed by atoms with E-state index in [2.05, 4.69) is 17.1 Å². The molecule has 1 aromatic carbocycles. The van der Waals surface area contributed by atoms with Gasteiger partial charge in [-0.3, -0.25) is 9.69 Å². The van der Waals surface area contributed by atoms with Crippen molar-refractivity contribution >= 4 is 11.6 Å². The van der Waals surface area contributed by atoms with Crippen molar-refractivity contribution in [3.63, 3.8) is 0 Å². The van der Waals surface area contributed by atoms with E-state index in [0.717, 1.165) is 25.1 Å². The minimum absolute atomic E-state index is 0.0656. The van der Waals surface area contributed by atoms with Crippen LogP contribution in [0.15, 0.2) is 18.2 Å². The Hall–Kier alpha value is -1.55. The molecule has 0 saturated carbocycles. The molecule has 1 aliphatic rings. The maximum absolute atomic E-state index is 12.2. The molecule has 2 rings (SSSR count). The Morgan fingerprint density at radius 2 is 2.32 bits per heavy atom. The van der Waals surface area contributed by atoms with Crippen LogP contribution in [0.3, 0.4) is 0 Å². The van der Waals surface area contributed by atoms with Crippen molar-refractivity contribution in [1.82, 2.24) is 10.2 Å². The molecule has 0 spiro atoms. The number of amides is 1. The molecule has 0 radical (unpaired) electrons. The Kier molecular flexibility index (Phi) is 4.43. The lowest BCUT2D eigenvalue weighted by atomic mass is 10.1. The number of para-hydroxylation sites is 1. The van der Waals surface area contributed by atoms with E-state index in [-0.39, 0.29) is 5.91 Å². The van der Waals surface area contributed by atoms with Crippen LogP contribution in [0.4, 0.5) is 5.69 Å². The molecule has 1 fully saturated rings. The third-order valence-corrected chi connectivity index (χ3v) is 3.97. The second kappa shape index (κ2) is 6.06. The highest BCUT2D eigenvalue weighted by molar-refractivity contribution is 5.99. The van der Waals surface area contributed by atoms with Gasteiger partial charge in [-0.1, -0.05) is 19.1 Å². The average Bonchev–Trinajstić information content (AvgIpc) is 2.86. The number of hydrogen-bond donors (Lipinski definition) is 2. The number of aryl methyl sites for hydroxylation is 1. The van der Waals surface area contributed by atoms with Gasteiger partial charge >= 0.3 is 0 Å². The first-order valence-electron chi connectivity index (χ1n) is 7.00. The summed E-state index contributed by atoms with van der Waals surface area (Å²) in [5.74, 6) is -0.0656. The van der Waals surface area contributed by atoms with E-state index in [9.17, 15) is 4.79 Å². The normalized spacial score (nSPS) is 19.6. The summed E-state index contributed by atoms with van der Waals surface area (Å²) < 4.78 is 0. The number of hydrogen-bond acceptors (Lipinski definition) is 3. The van der Waals surface area contributed by atoms with Crippen LogP contribution in [0.1, 0.15) is 35.7 Å². The molecule has 0 aromatic heterocycles. The smallest absolute Gasteiger partial charge is 0.253 e. The topological polar surface area (TPSA) is 58.4 Å². The molecule has 1 amide bonds. The van der Waals surface area contributed by atoms with Gasteiger partial charge in [-0.05, 0) is 44.5 Å². The summed E-state index contributed by atoms with van der Waals surface area (Å²) in [7, 11) is 0. The van der Waals surface area contributed by atoms with Crippen LogP contribution in [0.25, 0.3) is 0 Å². The van der Waals surface area contributed by atoms with E-state index in [1.165, 1.54) is 6.42 Å². The lowest BCUT2D eigenvalue weighted by molar-refractivity contribution is 0.0942. The van der Waals surface area contributed by atoms with Gasteiger partial charge in [0.15, 0.2) is 0 Å². The van der Waals surface area contributed by atoms with Gasteiger partial charge in [-0.15, -0.1) is 0 Å². The summed E-state index contributed by atoms with van der Waals surface area (Å²) in [6.45, 7) is 6.98. The van der Waals surface area contributed by atoms with Gasteiger partial charge in [0.05, 0.1) is 5.56 Å². The fourth-order valence-corrected chi connectivity index (χ4v) is 2.73. The number of anilines is 1. The summed E-state index contributed by atoms with van der Waals surface area (Å²) in [6.07, 6.45) is 2.39. The van der Waals surface area contributed by atoms with E-state index >= 15 is 0 Å². The Morgan fingerprint density at radius 1 is 1.53 bits per heavy atom.